The molecule has 1 aromatic heterocycles. The predicted molar refractivity (Wildman–Crippen MR) is 79.2 cm³/mol. The Labute approximate surface area is 127 Å². The molecule has 1 saturated heterocycles. The Hall–Kier alpha value is -2.61. The molecule has 0 radical (unpaired) electrons. The Balaban J connectivity index is 1.83. The highest BCUT2D eigenvalue weighted by molar-refractivity contribution is 5.98. The molecule has 2 aliphatic heterocycles. The minimum absolute atomic E-state index is 0.142. The van der Waals surface area contributed by atoms with E-state index in [-0.39, 0.29) is 18.7 Å². The highest BCUT2D eigenvalue weighted by atomic mass is 16.7. The topological polar surface area (TPSA) is 83.2 Å². The first-order chi connectivity index (χ1) is 10.6. The van der Waals surface area contributed by atoms with Crippen LogP contribution < -0.4 is 0 Å². The summed E-state index contributed by atoms with van der Waals surface area (Å²) in [4.78, 5) is 19.3. The summed E-state index contributed by atoms with van der Waals surface area (Å²) in [5.41, 5.74) is 2.09. The van der Waals surface area contributed by atoms with E-state index in [9.17, 15) is 4.79 Å². The van der Waals surface area contributed by atoms with E-state index < -0.39 is 0 Å². The lowest BCUT2D eigenvalue weighted by atomic mass is 10.2. The van der Waals surface area contributed by atoms with E-state index in [0.29, 0.717) is 18.8 Å². The minimum atomic E-state index is -0.154. The molecule has 1 aromatic rings. The van der Waals surface area contributed by atoms with Gasteiger partial charge in [0.15, 0.2) is 0 Å². The maximum Gasteiger partial charge on any atom is 0.345 e. The number of aromatic nitrogens is 2. The fourth-order valence-corrected chi connectivity index (χ4v) is 2.54. The van der Waals surface area contributed by atoms with E-state index >= 15 is 0 Å². The number of hydrogen-bond donors (Lipinski definition) is 1. The maximum atomic E-state index is 12.2. The van der Waals surface area contributed by atoms with Gasteiger partial charge in [0.2, 0.25) is 0 Å². The molecule has 2 amide bonds. The zero-order chi connectivity index (χ0) is 15.7. The van der Waals surface area contributed by atoms with Gasteiger partial charge in [0, 0.05) is 18.3 Å². The van der Waals surface area contributed by atoms with Crippen LogP contribution in [0.25, 0.3) is 5.70 Å². The largest absolute Gasteiger partial charge is 0.411 e. The summed E-state index contributed by atoms with van der Waals surface area (Å²) in [6.45, 7) is 6.63. The Morgan fingerprint density at radius 1 is 1.68 bits per heavy atom. The van der Waals surface area contributed by atoms with Gasteiger partial charge in [0.25, 0.3) is 0 Å². The van der Waals surface area contributed by atoms with Gasteiger partial charge in [0.1, 0.15) is 0 Å². The van der Waals surface area contributed by atoms with Crippen LogP contribution in [0.5, 0.6) is 0 Å². The molecule has 3 rings (SSSR count). The summed E-state index contributed by atoms with van der Waals surface area (Å²) >= 11 is 0. The van der Waals surface area contributed by atoms with Gasteiger partial charge in [-0.05, 0) is 13.0 Å². The van der Waals surface area contributed by atoms with Crippen LogP contribution in [0.2, 0.25) is 0 Å². The van der Waals surface area contributed by atoms with Crippen LogP contribution in [0.4, 0.5) is 4.79 Å². The fourth-order valence-electron chi connectivity index (χ4n) is 2.54. The SMILES string of the molecule is C=CCON1C(=O)N2CC(n3cc(/C(C)=N\O)cn3)=CC1C2. The lowest BCUT2D eigenvalue weighted by Crippen LogP contribution is -2.33. The van der Waals surface area contributed by atoms with Gasteiger partial charge in [-0.2, -0.15) is 10.2 Å². The van der Waals surface area contributed by atoms with Gasteiger partial charge in [-0.25, -0.2) is 9.48 Å². The Bertz CT molecular complexity index is 663. The molecule has 1 atom stereocenters. The molecule has 8 nitrogen and oxygen atoms in total. The van der Waals surface area contributed by atoms with E-state index in [0.717, 1.165) is 11.3 Å². The molecule has 1 fully saturated rings. The van der Waals surface area contributed by atoms with Gasteiger partial charge < -0.3 is 10.1 Å². The van der Waals surface area contributed by atoms with E-state index in [1.54, 1.807) is 35.0 Å². The average molecular weight is 303 g/mol. The molecular formula is C14H17N5O3. The van der Waals surface area contributed by atoms with Crippen molar-refractivity contribution >= 4 is 17.4 Å². The number of fused-ring (bicyclic) bond motifs is 2. The minimum Gasteiger partial charge on any atom is -0.411 e. The zero-order valence-corrected chi connectivity index (χ0v) is 12.2. The van der Waals surface area contributed by atoms with Crippen molar-refractivity contribution in [2.24, 2.45) is 5.16 Å². The summed E-state index contributed by atoms with van der Waals surface area (Å²) in [5, 5.41) is 17.6. The van der Waals surface area contributed by atoms with E-state index in [2.05, 4.69) is 16.8 Å². The molecule has 0 spiro atoms. The van der Waals surface area contributed by atoms with Crippen molar-refractivity contribution in [3.63, 3.8) is 0 Å². The van der Waals surface area contributed by atoms with Crippen molar-refractivity contribution in [3.05, 3.63) is 36.7 Å². The van der Waals surface area contributed by atoms with Crippen LogP contribution >= 0.6 is 0 Å². The van der Waals surface area contributed by atoms with Crippen molar-refractivity contribution in [2.45, 2.75) is 13.0 Å². The number of amides is 2. The van der Waals surface area contributed by atoms with Crippen LogP contribution in [0, 0.1) is 0 Å². The summed E-state index contributed by atoms with van der Waals surface area (Å²) in [6, 6.07) is -0.296. The van der Waals surface area contributed by atoms with Crippen LogP contribution in [0.3, 0.4) is 0 Å². The number of carbonyl (C=O) groups is 1. The molecule has 0 aliphatic carbocycles. The second-order valence-electron chi connectivity index (χ2n) is 5.16. The van der Waals surface area contributed by atoms with Crippen molar-refractivity contribution in [1.29, 1.82) is 0 Å². The van der Waals surface area contributed by atoms with Crippen molar-refractivity contribution in [2.75, 3.05) is 19.7 Å². The molecule has 22 heavy (non-hydrogen) atoms. The van der Waals surface area contributed by atoms with Crippen LogP contribution in [0.1, 0.15) is 12.5 Å². The lowest BCUT2D eigenvalue weighted by Gasteiger charge is -2.21. The van der Waals surface area contributed by atoms with Crippen molar-refractivity contribution < 1.29 is 14.8 Å². The van der Waals surface area contributed by atoms with Gasteiger partial charge in [-0.15, -0.1) is 6.58 Å². The number of hydroxylamine groups is 2. The quantitative estimate of drug-likeness (QED) is 0.383. The molecule has 1 N–H and O–H groups in total. The molecule has 0 aromatic carbocycles. The number of carbonyl (C=O) groups excluding carboxylic acids is 1. The smallest absolute Gasteiger partial charge is 0.345 e. The molecule has 8 heteroatoms. The number of hydrogen-bond acceptors (Lipinski definition) is 5. The molecule has 116 valence electrons. The third-order valence-corrected chi connectivity index (χ3v) is 3.68. The highest BCUT2D eigenvalue weighted by Gasteiger charge is 2.41. The number of rotatable bonds is 5. The van der Waals surface area contributed by atoms with E-state index in [1.807, 2.05) is 6.08 Å². The van der Waals surface area contributed by atoms with E-state index in [4.69, 9.17) is 10.0 Å². The standard InChI is InChI=1S/C14H17N5O3/c1-3-4-22-19-13-5-12(8-17(9-13)14(19)20)18-7-11(6-15-18)10(2)16-21/h3,5-7,13,21H,1,4,8-9H2,2H3/b16-10-. The zero-order valence-electron chi connectivity index (χ0n) is 12.2. The molecule has 0 saturated carbocycles. The molecule has 3 heterocycles. The number of urea groups is 1. The first-order valence-electron chi connectivity index (χ1n) is 6.90. The average Bonchev–Trinajstić information content (AvgIpc) is 3.10. The Morgan fingerprint density at radius 3 is 3.23 bits per heavy atom. The van der Waals surface area contributed by atoms with Gasteiger partial charge in [-0.3, -0.25) is 4.84 Å². The second-order valence-corrected chi connectivity index (χ2v) is 5.16. The third kappa shape index (κ3) is 2.37. The van der Waals surface area contributed by atoms with Crippen LogP contribution in [0.15, 0.2) is 36.3 Å². The van der Waals surface area contributed by atoms with Gasteiger partial charge in [-0.1, -0.05) is 11.2 Å². The summed E-state index contributed by atoms with van der Waals surface area (Å²) in [7, 11) is 0. The van der Waals surface area contributed by atoms with Crippen molar-refractivity contribution in [1.82, 2.24) is 19.7 Å². The van der Waals surface area contributed by atoms with Gasteiger partial charge >= 0.3 is 6.03 Å². The lowest BCUT2D eigenvalue weighted by molar-refractivity contribution is -0.107. The fraction of sp³-hybridized carbons (Fsp3) is 0.357. The third-order valence-electron chi connectivity index (χ3n) is 3.68. The maximum absolute atomic E-state index is 12.2. The highest BCUT2D eigenvalue weighted by Crippen LogP contribution is 2.26. The Kier molecular flexibility index (Phi) is 3.68. The van der Waals surface area contributed by atoms with Crippen molar-refractivity contribution in [3.8, 4) is 0 Å². The Morgan fingerprint density at radius 2 is 2.50 bits per heavy atom. The van der Waals surface area contributed by atoms with Crippen LogP contribution in [-0.4, -0.2) is 62.4 Å². The first-order valence-corrected chi connectivity index (χ1v) is 6.90. The molecular weight excluding hydrogens is 286 g/mol. The summed E-state index contributed by atoms with van der Waals surface area (Å²) in [5.74, 6) is 0. The number of nitrogens with zero attached hydrogens (tertiary/aromatic N) is 5. The second kappa shape index (κ2) is 5.64. The normalized spacial score (nSPS) is 21.3. The summed E-state index contributed by atoms with van der Waals surface area (Å²) in [6.07, 6.45) is 6.96. The monoisotopic (exact) mass is 303 g/mol. The molecule has 2 bridgehead atoms. The molecule has 2 aliphatic rings. The first kappa shape index (κ1) is 14.3. The van der Waals surface area contributed by atoms with E-state index in [1.165, 1.54) is 5.06 Å². The summed E-state index contributed by atoms with van der Waals surface area (Å²) < 4.78 is 1.69. The van der Waals surface area contributed by atoms with Gasteiger partial charge in [0.05, 0.1) is 36.8 Å². The predicted octanol–water partition coefficient (Wildman–Crippen LogP) is 1.16. The van der Waals surface area contributed by atoms with Crippen LogP contribution in [-0.2, 0) is 4.84 Å². The molecule has 1 unspecified atom stereocenters. The number of oxime groups is 1.